The second kappa shape index (κ2) is 12.9. The Morgan fingerprint density at radius 2 is 1.62 bits per heavy atom. The van der Waals surface area contributed by atoms with Crippen LogP contribution in [-0.2, 0) is 22.7 Å². The number of primary amides is 1. The largest absolute Gasteiger partial charge is 0.461 e. The van der Waals surface area contributed by atoms with Gasteiger partial charge in [0.15, 0.2) is 11.4 Å². The molecule has 0 saturated carbocycles. The topological polar surface area (TPSA) is 109 Å². The highest BCUT2D eigenvalue weighted by molar-refractivity contribution is 6.23. The number of urea groups is 1. The maximum atomic E-state index is 14.1. The molecule has 218 valence electrons. The van der Waals surface area contributed by atoms with Gasteiger partial charge in [0.05, 0.1) is 11.8 Å². The van der Waals surface area contributed by atoms with E-state index >= 15 is 0 Å². The number of piperazine rings is 1. The highest BCUT2D eigenvalue weighted by Crippen LogP contribution is 2.32. The molecule has 0 unspecified atom stereocenters. The number of hydrogen-bond donors (Lipinski definition) is 1. The van der Waals surface area contributed by atoms with Gasteiger partial charge in [0, 0.05) is 50.9 Å². The molecule has 0 aliphatic carbocycles. The number of furan rings is 1. The molecule has 9 nitrogen and oxygen atoms in total. The number of carbonyl (C=O) groups excluding carboxylic acids is 3. The molecular weight excluding hydrogens is 546 g/mol. The molecule has 0 bridgehead atoms. The van der Waals surface area contributed by atoms with E-state index in [0.717, 1.165) is 49.6 Å². The average molecular weight is 577 g/mol. The first-order chi connectivity index (χ1) is 20.3. The van der Waals surface area contributed by atoms with E-state index in [4.69, 9.17) is 14.9 Å². The van der Waals surface area contributed by atoms with E-state index in [2.05, 4.69) is 9.80 Å². The molecule has 1 aliphatic heterocycles. The lowest BCUT2D eigenvalue weighted by atomic mass is 10.1. The van der Waals surface area contributed by atoms with Crippen molar-refractivity contribution in [3.63, 3.8) is 0 Å². The Morgan fingerprint density at radius 3 is 2.36 bits per heavy atom. The molecule has 2 heterocycles. The summed E-state index contributed by atoms with van der Waals surface area (Å²) in [5.74, 6) is -2.82. The zero-order chi connectivity index (χ0) is 29.6. The minimum atomic E-state index is -1.11. The van der Waals surface area contributed by atoms with E-state index < -0.39 is 23.6 Å². The molecule has 2 N–H and O–H groups in total. The Hall–Kier alpha value is -4.61. The van der Waals surface area contributed by atoms with E-state index in [9.17, 15) is 23.2 Å². The van der Waals surface area contributed by atoms with Gasteiger partial charge in [-0.2, -0.15) is 0 Å². The van der Waals surface area contributed by atoms with Gasteiger partial charge >= 0.3 is 12.0 Å². The molecule has 42 heavy (non-hydrogen) atoms. The van der Waals surface area contributed by atoms with Crippen molar-refractivity contribution >= 4 is 34.6 Å². The number of amides is 3. The monoisotopic (exact) mass is 576 g/mol. The van der Waals surface area contributed by atoms with Crippen LogP contribution in [0.3, 0.4) is 0 Å². The number of halogens is 2. The van der Waals surface area contributed by atoms with Crippen LogP contribution in [0.4, 0.5) is 19.3 Å². The minimum absolute atomic E-state index is 0.0851. The first-order valence-corrected chi connectivity index (χ1v) is 13.5. The predicted molar refractivity (Wildman–Crippen MR) is 152 cm³/mol. The Labute approximate surface area is 241 Å². The summed E-state index contributed by atoms with van der Waals surface area (Å²) in [7, 11) is 0. The van der Waals surface area contributed by atoms with Gasteiger partial charge in [-0.05, 0) is 29.3 Å². The van der Waals surface area contributed by atoms with Crippen LogP contribution in [0.25, 0.3) is 11.0 Å². The van der Waals surface area contributed by atoms with Crippen LogP contribution in [0, 0.1) is 11.6 Å². The molecule has 0 spiro atoms. The van der Waals surface area contributed by atoms with Crippen LogP contribution < -0.4 is 10.6 Å². The standard InChI is InChI=1S/C31H30F2N4O5/c32-24-16-25-27(20-42-29(25)26(33)17-24)37(31(34)40)30(39)23-8-4-7-22(15-23)18-36-13-11-35(12-14-36)10-9-28(38)41-19-21-5-2-1-3-6-21/h1-8,15-17,20H,9-14,18-19H2,(H2,34,40). The SMILES string of the molecule is NC(=O)N(C(=O)c1cccc(CN2CCN(CCC(=O)OCc3ccccc3)CC2)c1)c1coc2c(F)cc(F)cc12. The molecular formula is C31H30F2N4O5. The van der Waals surface area contributed by atoms with Gasteiger partial charge in [-0.3, -0.25) is 14.5 Å². The number of carbonyl (C=O) groups is 3. The number of hydrogen-bond acceptors (Lipinski definition) is 7. The predicted octanol–water partition coefficient (Wildman–Crippen LogP) is 4.69. The van der Waals surface area contributed by atoms with Crippen LogP contribution in [0.15, 0.2) is 77.4 Å². The van der Waals surface area contributed by atoms with Crippen LogP contribution in [-0.4, -0.2) is 60.4 Å². The van der Waals surface area contributed by atoms with Gasteiger partial charge in [-0.25, -0.2) is 18.5 Å². The minimum Gasteiger partial charge on any atom is -0.461 e. The number of benzene rings is 3. The molecule has 0 radical (unpaired) electrons. The fourth-order valence-corrected chi connectivity index (χ4v) is 4.97. The smallest absolute Gasteiger partial charge is 0.326 e. The van der Waals surface area contributed by atoms with Crippen molar-refractivity contribution in [3.05, 3.63) is 101 Å². The van der Waals surface area contributed by atoms with Crippen molar-refractivity contribution in [2.75, 3.05) is 37.6 Å². The fraction of sp³-hybridized carbons (Fsp3) is 0.258. The number of ether oxygens (including phenoxy) is 1. The number of fused-ring (bicyclic) bond motifs is 1. The molecule has 4 aromatic rings. The molecule has 1 aliphatic rings. The number of rotatable bonds is 9. The van der Waals surface area contributed by atoms with Gasteiger partial charge in [0.2, 0.25) is 0 Å². The summed E-state index contributed by atoms with van der Waals surface area (Å²) in [5, 5.41) is -0.0851. The molecule has 5 rings (SSSR count). The third kappa shape index (κ3) is 6.81. The summed E-state index contributed by atoms with van der Waals surface area (Å²) in [6.45, 7) is 4.54. The Bertz CT molecular complexity index is 1590. The first kappa shape index (κ1) is 28.9. The van der Waals surface area contributed by atoms with Crippen LogP contribution in [0.5, 0.6) is 0 Å². The zero-order valence-corrected chi connectivity index (χ0v) is 22.8. The summed E-state index contributed by atoms with van der Waals surface area (Å²) >= 11 is 0. The second-order valence-electron chi connectivity index (χ2n) is 10.1. The van der Waals surface area contributed by atoms with E-state index in [0.29, 0.717) is 30.5 Å². The van der Waals surface area contributed by atoms with Crippen molar-refractivity contribution in [2.45, 2.75) is 19.6 Å². The number of esters is 1. The molecule has 0 atom stereocenters. The van der Waals surface area contributed by atoms with Crippen molar-refractivity contribution in [1.82, 2.24) is 9.80 Å². The third-order valence-electron chi connectivity index (χ3n) is 7.16. The number of nitrogens with zero attached hydrogens (tertiary/aromatic N) is 3. The normalized spacial score (nSPS) is 14.1. The van der Waals surface area contributed by atoms with Crippen molar-refractivity contribution in [2.24, 2.45) is 5.73 Å². The molecule has 3 amide bonds. The lowest BCUT2D eigenvalue weighted by molar-refractivity contribution is -0.145. The van der Waals surface area contributed by atoms with Gasteiger partial charge in [-0.15, -0.1) is 0 Å². The lowest BCUT2D eigenvalue weighted by Gasteiger charge is -2.34. The first-order valence-electron chi connectivity index (χ1n) is 13.5. The maximum Gasteiger partial charge on any atom is 0.326 e. The summed E-state index contributed by atoms with van der Waals surface area (Å²) < 4.78 is 38.5. The highest BCUT2D eigenvalue weighted by Gasteiger charge is 2.28. The fourth-order valence-electron chi connectivity index (χ4n) is 4.97. The summed E-state index contributed by atoms with van der Waals surface area (Å²) in [6, 6.07) is 16.8. The summed E-state index contributed by atoms with van der Waals surface area (Å²) in [4.78, 5) is 42.9. The number of nitrogens with two attached hydrogens (primary N) is 1. The zero-order valence-electron chi connectivity index (χ0n) is 22.8. The van der Waals surface area contributed by atoms with Gasteiger partial charge in [-0.1, -0.05) is 42.5 Å². The van der Waals surface area contributed by atoms with Gasteiger partial charge < -0.3 is 19.8 Å². The molecule has 3 aromatic carbocycles. The van der Waals surface area contributed by atoms with Crippen molar-refractivity contribution in [1.29, 1.82) is 0 Å². The molecule has 1 fully saturated rings. The summed E-state index contributed by atoms with van der Waals surface area (Å²) in [5.41, 5.74) is 7.06. The molecule has 11 heteroatoms. The van der Waals surface area contributed by atoms with E-state index in [1.807, 2.05) is 36.4 Å². The molecule has 1 aromatic heterocycles. The summed E-state index contributed by atoms with van der Waals surface area (Å²) in [6.07, 6.45) is 1.32. The quantitative estimate of drug-likeness (QED) is 0.288. The Kier molecular flexibility index (Phi) is 8.89. The van der Waals surface area contributed by atoms with Gasteiger partial charge in [0.1, 0.15) is 24.4 Å². The van der Waals surface area contributed by atoms with Crippen molar-refractivity contribution in [3.8, 4) is 0 Å². The third-order valence-corrected chi connectivity index (χ3v) is 7.16. The van der Waals surface area contributed by atoms with Crippen LogP contribution in [0.2, 0.25) is 0 Å². The lowest BCUT2D eigenvalue weighted by Crippen LogP contribution is -2.46. The number of anilines is 1. The number of imide groups is 1. The average Bonchev–Trinajstić information content (AvgIpc) is 3.40. The Balaban J connectivity index is 1.16. The Morgan fingerprint density at radius 1 is 0.905 bits per heavy atom. The van der Waals surface area contributed by atoms with Crippen LogP contribution in [0.1, 0.15) is 27.9 Å². The van der Waals surface area contributed by atoms with Crippen LogP contribution >= 0.6 is 0 Å². The highest BCUT2D eigenvalue weighted by atomic mass is 19.1. The maximum absolute atomic E-state index is 14.1. The second-order valence-corrected chi connectivity index (χ2v) is 10.1. The van der Waals surface area contributed by atoms with E-state index in [-0.39, 0.29) is 34.8 Å². The molecule has 1 saturated heterocycles. The van der Waals surface area contributed by atoms with Gasteiger partial charge in [0.25, 0.3) is 5.91 Å². The van der Waals surface area contributed by atoms with E-state index in [1.165, 1.54) is 0 Å². The van der Waals surface area contributed by atoms with E-state index in [1.54, 1.807) is 18.2 Å². The van der Waals surface area contributed by atoms with Crippen molar-refractivity contribution < 1.29 is 32.3 Å².